The normalized spacial score (nSPS) is 17.7. The summed E-state index contributed by atoms with van der Waals surface area (Å²) in [6.07, 6.45) is -4.18. The Kier molecular flexibility index (Phi) is 9.10. The van der Waals surface area contributed by atoms with Crippen LogP contribution in [0.3, 0.4) is 0 Å². The minimum atomic E-state index is -4.65. The molecule has 1 heterocycles. The summed E-state index contributed by atoms with van der Waals surface area (Å²) in [5.74, 6) is -1.58. The number of esters is 1. The number of para-hydroxylation sites is 1. The van der Waals surface area contributed by atoms with Gasteiger partial charge in [0, 0.05) is 40.1 Å². The topological polar surface area (TPSA) is 93.9 Å². The summed E-state index contributed by atoms with van der Waals surface area (Å²) in [5.41, 5.74) is 7.26. The molecule has 1 aliphatic heterocycles. The lowest BCUT2D eigenvalue weighted by Gasteiger charge is -2.33. The summed E-state index contributed by atoms with van der Waals surface area (Å²) >= 11 is 12.8. The van der Waals surface area contributed by atoms with Crippen LogP contribution in [0.25, 0.3) is 6.08 Å². The zero-order valence-electron chi connectivity index (χ0n) is 22.8. The van der Waals surface area contributed by atoms with Gasteiger partial charge in [-0.3, -0.25) is 4.79 Å². The number of fused-ring (bicyclic) bond motifs is 1. The quantitative estimate of drug-likeness (QED) is 0.123. The predicted molar refractivity (Wildman–Crippen MR) is 156 cm³/mol. The van der Waals surface area contributed by atoms with Crippen molar-refractivity contribution in [1.82, 2.24) is 0 Å². The van der Waals surface area contributed by atoms with Crippen molar-refractivity contribution in [1.29, 1.82) is 0 Å². The number of halogens is 5. The van der Waals surface area contributed by atoms with Gasteiger partial charge in [-0.2, -0.15) is 13.2 Å². The Hall–Kier alpha value is -3.73. The molecule has 3 atom stereocenters. The molecule has 7 nitrogen and oxygen atoms in total. The minimum absolute atomic E-state index is 0.00443. The van der Waals surface area contributed by atoms with Crippen molar-refractivity contribution in [3.63, 3.8) is 0 Å². The summed E-state index contributed by atoms with van der Waals surface area (Å²) < 4.78 is 51.5. The lowest BCUT2D eigenvalue weighted by Crippen LogP contribution is -2.48. The summed E-state index contributed by atoms with van der Waals surface area (Å²) in [4.78, 5) is 26.0. The van der Waals surface area contributed by atoms with Crippen LogP contribution in [0.2, 0.25) is 5.02 Å². The highest BCUT2D eigenvalue weighted by Gasteiger charge is 2.37. The van der Waals surface area contributed by atoms with Gasteiger partial charge in [0.1, 0.15) is 18.5 Å². The molecule has 0 spiro atoms. The van der Waals surface area contributed by atoms with E-state index in [0.717, 1.165) is 17.3 Å². The van der Waals surface area contributed by atoms with E-state index in [0.29, 0.717) is 22.0 Å². The molecule has 0 saturated carbocycles. The molecular formula is C30H28Cl2F3N3O4. The predicted octanol–water partition coefficient (Wildman–Crippen LogP) is 6.89. The molecule has 0 aromatic heterocycles. The van der Waals surface area contributed by atoms with Crippen molar-refractivity contribution in [2.45, 2.75) is 43.8 Å². The first-order chi connectivity index (χ1) is 19.7. The molecule has 1 amide bonds. The molecule has 0 fully saturated rings. The highest BCUT2D eigenvalue weighted by molar-refractivity contribution is 6.31. The maximum atomic E-state index is 13.4. The van der Waals surface area contributed by atoms with Crippen LogP contribution >= 0.6 is 23.2 Å². The van der Waals surface area contributed by atoms with Gasteiger partial charge in [-0.1, -0.05) is 59.6 Å². The number of hydrogen-bond donors (Lipinski definition) is 2. The molecule has 12 heteroatoms. The molecular weight excluding hydrogens is 594 g/mol. The molecule has 0 aliphatic carbocycles. The van der Waals surface area contributed by atoms with E-state index in [1.165, 1.54) is 37.1 Å². The van der Waals surface area contributed by atoms with Crippen molar-refractivity contribution in [2.75, 3.05) is 17.3 Å². The highest BCUT2D eigenvalue weighted by atomic mass is 35.5. The minimum Gasteiger partial charge on any atom is -0.489 e. The number of rotatable bonds is 8. The third kappa shape index (κ3) is 6.83. The van der Waals surface area contributed by atoms with Gasteiger partial charge in [0.2, 0.25) is 0 Å². The molecule has 42 heavy (non-hydrogen) atoms. The van der Waals surface area contributed by atoms with Crippen molar-refractivity contribution >= 4 is 52.5 Å². The average Bonchev–Trinajstić information content (AvgIpc) is 2.94. The molecule has 4 rings (SSSR count). The number of benzene rings is 3. The van der Waals surface area contributed by atoms with E-state index in [2.05, 4.69) is 5.32 Å². The van der Waals surface area contributed by atoms with Crippen LogP contribution in [-0.2, 0) is 31.8 Å². The van der Waals surface area contributed by atoms with Crippen molar-refractivity contribution in [3.8, 4) is 0 Å². The molecule has 0 bridgehead atoms. The molecule has 3 aromatic carbocycles. The second-order valence-electron chi connectivity index (χ2n) is 9.82. The number of likely N-dealkylation sites (N-methyl/N-ethyl adjacent to an activating group) is 1. The molecule has 0 radical (unpaired) electrons. The lowest BCUT2D eigenvalue weighted by molar-refractivity contribution is -0.154. The van der Waals surface area contributed by atoms with Gasteiger partial charge in [-0.15, -0.1) is 0 Å². The average molecular weight is 622 g/mol. The third-order valence-electron chi connectivity index (χ3n) is 6.72. The molecule has 3 N–H and O–H groups in total. The van der Waals surface area contributed by atoms with Crippen LogP contribution in [-0.4, -0.2) is 30.0 Å². The number of anilines is 2. The second kappa shape index (κ2) is 12.2. The Bertz CT molecular complexity index is 1530. The maximum absolute atomic E-state index is 13.4. The maximum Gasteiger partial charge on any atom is 0.416 e. The van der Waals surface area contributed by atoms with E-state index < -0.39 is 40.8 Å². The third-order valence-corrected chi connectivity index (χ3v) is 7.23. The largest absolute Gasteiger partial charge is 0.489 e. The summed E-state index contributed by atoms with van der Waals surface area (Å²) in [7, 11) is 1.42. The van der Waals surface area contributed by atoms with Gasteiger partial charge in [-0.05, 0) is 50.3 Å². The van der Waals surface area contributed by atoms with E-state index in [4.69, 9.17) is 38.4 Å². The fourth-order valence-electron chi connectivity index (χ4n) is 4.50. The van der Waals surface area contributed by atoms with Crippen LogP contribution in [0, 0.1) is 0 Å². The van der Waals surface area contributed by atoms with Crippen LogP contribution in [0.1, 0.15) is 42.2 Å². The second-order valence-corrected chi connectivity index (χ2v) is 11.0. The standard InChI is InChI=1S/C30H28Cl2F3N3O4/c1-17(21-9-5-6-10-22(21)30(33,34)35)42-28(40)26(36)27(39)38(3)24-11-7-4-8-18(24)16-41-25-15-19-14-20(31)12-13-23(19)37-29(25,2)32/h4-15,17,26,37H,16,36H2,1-3H3. The van der Waals surface area contributed by atoms with E-state index in [-0.39, 0.29) is 12.2 Å². The molecule has 222 valence electrons. The number of alkyl halides is 4. The zero-order chi connectivity index (χ0) is 30.8. The van der Waals surface area contributed by atoms with Gasteiger partial charge < -0.3 is 25.4 Å². The van der Waals surface area contributed by atoms with Gasteiger partial charge in [0.05, 0.1) is 5.56 Å². The Morgan fingerprint density at radius 1 is 1.10 bits per heavy atom. The van der Waals surface area contributed by atoms with Crippen LogP contribution in [0.4, 0.5) is 24.5 Å². The van der Waals surface area contributed by atoms with Crippen LogP contribution in [0.15, 0.2) is 72.5 Å². The lowest BCUT2D eigenvalue weighted by atomic mass is 10.0. The fraction of sp³-hybridized carbons (Fsp3) is 0.267. The Morgan fingerprint density at radius 3 is 2.48 bits per heavy atom. The van der Waals surface area contributed by atoms with E-state index in [1.54, 1.807) is 49.4 Å². The number of ether oxygens (including phenoxy) is 2. The van der Waals surface area contributed by atoms with Gasteiger partial charge >= 0.3 is 12.1 Å². The number of nitrogens with zero attached hydrogens (tertiary/aromatic N) is 1. The molecule has 0 saturated heterocycles. The monoisotopic (exact) mass is 621 g/mol. The van der Waals surface area contributed by atoms with E-state index in [1.807, 2.05) is 6.07 Å². The van der Waals surface area contributed by atoms with Crippen molar-refractivity contribution in [3.05, 3.63) is 99.8 Å². The smallest absolute Gasteiger partial charge is 0.416 e. The van der Waals surface area contributed by atoms with Crippen molar-refractivity contribution in [2.24, 2.45) is 5.73 Å². The SMILES string of the molecule is CC(OC(=O)C(N)C(=O)N(C)c1ccccc1COC1=Cc2cc(Cl)ccc2NC1(C)Cl)c1ccccc1C(F)(F)F. The van der Waals surface area contributed by atoms with E-state index in [9.17, 15) is 22.8 Å². The van der Waals surface area contributed by atoms with Gasteiger partial charge in [0.15, 0.2) is 11.0 Å². The summed E-state index contributed by atoms with van der Waals surface area (Å²) in [5, 5.41) is 3.74. The van der Waals surface area contributed by atoms with Crippen LogP contribution < -0.4 is 16.0 Å². The Labute approximate surface area is 251 Å². The molecule has 1 aliphatic rings. The highest BCUT2D eigenvalue weighted by Crippen LogP contribution is 2.39. The number of nitrogens with two attached hydrogens (primary N) is 1. The van der Waals surface area contributed by atoms with E-state index >= 15 is 0 Å². The van der Waals surface area contributed by atoms with Gasteiger partial charge in [-0.25, -0.2) is 4.79 Å². The fourth-order valence-corrected chi connectivity index (χ4v) is 4.89. The number of carbonyl (C=O) groups excluding carboxylic acids is 2. The van der Waals surface area contributed by atoms with Crippen LogP contribution in [0.5, 0.6) is 0 Å². The first kappa shape index (κ1) is 31.2. The first-order valence-corrected chi connectivity index (χ1v) is 13.5. The Balaban J connectivity index is 1.47. The summed E-state index contributed by atoms with van der Waals surface area (Å²) in [6, 6.07) is 15.0. The Morgan fingerprint density at radius 2 is 1.76 bits per heavy atom. The van der Waals surface area contributed by atoms with Gasteiger partial charge in [0.25, 0.3) is 5.91 Å². The molecule has 3 unspecified atom stereocenters. The zero-order valence-corrected chi connectivity index (χ0v) is 24.3. The number of nitrogens with one attached hydrogen (secondary N) is 1. The number of amides is 1. The first-order valence-electron chi connectivity index (χ1n) is 12.8. The number of hydrogen-bond acceptors (Lipinski definition) is 6. The van der Waals surface area contributed by atoms with Crippen molar-refractivity contribution < 1.29 is 32.2 Å². The molecule has 3 aromatic rings. The number of carbonyl (C=O) groups is 2. The summed E-state index contributed by atoms with van der Waals surface area (Å²) in [6.45, 7) is 3.02.